The molecule has 0 aromatic rings. The van der Waals surface area contributed by atoms with E-state index in [0.717, 1.165) is 55.8 Å². The molecule has 0 aliphatic heterocycles. The second-order valence-corrected chi connectivity index (χ2v) is 15.1. The summed E-state index contributed by atoms with van der Waals surface area (Å²) < 4.78 is 11.1. The van der Waals surface area contributed by atoms with E-state index >= 15 is 0 Å². The van der Waals surface area contributed by atoms with E-state index in [1.54, 1.807) is 0 Å². The molecule has 0 heterocycles. The van der Waals surface area contributed by atoms with Gasteiger partial charge in [0.15, 0.2) is 0 Å². The fraction of sp³-hybridized carbons (Fsp3) is 0.947. The topological polar surface area (TPSA) is 52.6 Å². The van der Waals surface area contributed by atoms with Crippen LogP contribution < -0.4 is 0 Å². The first-order chi connectivity index (χ1) is 20.0. The van der Waals surface area contributed by atoms with Crippen LogP contribution in [0, 0.1) is 53.3 Å². The summed E-state index contributed by atoms with van der Waals surface area (Å²) in [6.07, 6.45) is 19.4. The zero-order valence-corrected chi connectivity index (χ0v) is 29.6. The normalized spacial score (nSPS) is 23.1. The smallest absolute Gasteiger partial charge is 0.310 e. The van der Waals surface area contributed by atoms with Crippen LogP contribution in [0.2, 0.25) is 0 Å². The van der Waals surface area contributed by atoms with E-state index in [9.17, 15) is 9.59 Å². The van der Waals surface area contributed by atoms with Gasteiger partial charge in [0.1, 0.15) is 0 Å². The Bertz CT molecular complexity index is 701. The van der Waals surface area contributed by atoms with Gasteiger partial charge in [0.2, 0.25) is 0 Å². The molecule has 0 amide bonds. The van der Waals surface area contributed by atoms with Crippen LogP contribution in [0.3, 0.4) is 0 Å². The molecule has 1 fully saturated rings. The van der Waals surface area contributed by atoms with Crippen molar-refractivity contribution >= 4 is 11.9 Å². The molecule has 0 bridgehead atoms. The molecule has 42 heavy (non-hydrogen) atoms. The van der Waals surface area contributed by atoms with Crippen LogP contribution in [0.25, 0.3) is 0 Å². The lowest BCUT2D eigenvalue weighted by Crippen LogP contribution is -2.43. The van der Waals surface area contributed by atoms with E-state index in [2.05, 4.69) is 48.5 Å². The summed E-state index contributed by atoms with van der Waals surface area (Å²) in [6.45, 7) is 20.9. The second-order valence-electron chi connectivity index (χ2n) is 15.1. The predicted molar refractivity (Wildman–Crippen MR) is 178 cm³/mol. The molecule has 4 nitrogen and oxygen atoms in total. The van der Waals surface area contributed by atoms with Crippen LogP contribution in [0.15, 0.2) is 0 Å². The van der Waals surface area contributed by atoms with Crippen LogP contribution in [-0.2, 0) is 19.1 Å². The summed E-state index contributed by atoms with van der Waals surface area (Å²) in [5.41, 5.74) is 0. The van der Waals surface area contributed by atoms with Gasteiger partial charge in [0.25, 0.3) is 0 Å². The van der Waals surface area contributed by atoms with Gasteiger partial charge in [0.05, 0.1) is 25.0 Å². The van der Waals surface area contributed by atoms with Crippen molar-refractivity contribution in [1.82, 2.24) is 0 Å². The molecule has 1 aliphatic carbocycles. The lowest BCUT2D eigenvalue weighted by molar-refractivity contribution is -0.167. The number of carbonyl (C=O) groups excluding carboxylic acids is 2. The fourth-order valence-corrected chi connectivity index (χ4v) is 7.38. The van der Waals surface area contributed by atoms with Crippen LogP contribution in [-0.4, -0.2) is 25.2 Å². The lowest BCUT2D eigenvalue weighted by Gasteiger charge is -2.40. The minimum absolute atomic E-state index is 0.180. The Morgan fingerprint density at radius 3 is 1.52 bits per heavy atom. The first-order valence-corrected chi connectivity index (χ1v) is 18.3. The Labute approximate surface area is 262 Å². The monoisotopic (exact) mass is 593 g/mol. The maximum atomic E-state index is 13.3. The molecule has 0 saturated heterocycles. The Morgan fingerprint density at radius 2 is 1.02 bits per heavy atom. The highest BCUT2D eigenvalue weighted by atomic mass is 16.5. The number of esters is 2. The van der Waals surface area contributed by atoms with Gasteiger partial charge in [-0.25, -0.2) is 0 Å². The van der Waals surface area contributed by atoms with Crippen molar-refractivity contribution in [2.75, 3.05) is 13.2 Å². The lowest BCUT2D eigenvalue weighted by atomic mass is 9.64. The number of rotatable bonds is 23. The molecule has 7 atom stereocenters. The van der Waals surface area contributed by atoms with Crippen LogP contribution in [0.4, 0.5) is 0 Å². The minimum atomic E-state index is -0.363. The van der Waals surface area contributed by atoms with E-state index in [0.29, 0.717) is 25.0 Å². The van der Waals surface area contributed by atoms with Crippen molar-refractivity contribution in [1.29, 1.82) is 0 Å². The van der Waals surface area contributed by atoms with Gasteiger partial charge in [-0.05, 0) is 74.5 Å². The van der Waals surface area contributed by atoms with Crippen LogP contribution in [0.1, 0.15) is 165 Å². The average molecular weight is 593 g/mol. The molecule has 0 aromatic heterocycles. The van der Waals surface area contributed by atoms with Crippen molar-refractivity contribution in [3.8, 4) is 0 Å². The van der Waals surface area contributed by atoms with Crippen molar-refractivity contribution < 1.29 is 19.1 Å². The zero-order chi connectivity index (χ0) is 31.5. The molecule has 1 saturated carbocycles. The summed E-state index contributed by atoms with van der Waals surface area (Å²) in [5.74, 6) is 3.41. The van der Waals surface area contributed by atoms with Gasteiger partial charge in [-0.1, -0.05) is 132 Å². The van der Waals surface area contributed by atoms with Crippen LogP contribution >= 0.6 is 0 Å². The van der Waals surface area contributed by atoms with Crippen LogP contribution in [0.5, 0.6) is 0 Å². The maximum Gasteiger partial charge on any atom is 0.310 e. The average Bonchev–Trinajstić information content (AvgIpc) is 2.91. The molecule has 0 spiro atoms. The third kappa shape index (κ3) is 16.7. The summed E-state index contributed by atoms with van der Waals surface area (Å²) in [6, 6.07) is 0. The number of hydrogen-bond donors (Lipinski definition) is 0. The van der Waals surface area contributed by atoms with Crippen molar-refractivity contribution in [3.05, 3.63) is 0 Å². The quantitative estimate of drug-likeness (QED) is 0.111. The maximum absolute atomic E-state index is 13.3. The second kappa shape index (κ2) is 22.4. The number of hydrogen-bond acceptors (Lipinski definition) is 4. The van der Waals surface area contributed by atoms with Crippen molar-refractivity contribution in [2.45, 2.75) is 165 Å². The highest BCUT2D eigenvalue weighted by molar-refractivity contribution is 5.82. The van der Waals surface area contributed by atoms with Gasteiger partial charge in [0, 0.05) is 0 Å². The third-order valence-electron chi connectivity index (χ3n) is 10.0. The van der Waals surface area contributed by atoms with Gasteiger partial charge in [-0.15, -0.1) is 0 Å². The van der Waals surface area contributed by atoms with Gasteiger partial charge < -0.3 is 9.47 Å². The van der Waals surface area contributed by atoms with E-state index in [1.165, 1.54) is 70.6 Å². The number of ether oxygens (including phenoxy) is 2. The van der Waals surface area contributed by atoms with E-state index in [-0.39, 0.29) is 29.7 Å². The Balaban J connectivity index is 2.77. The summed E-state index contributed by atoms with van der Waals surface area (Å²) in [7, 11) is 0. The van der Waals surface area contributed by atoms with E-state index in [1.807, 2.05) is 13.8 Å². The van der Waals surface area contributed by atoms with Crippen molar-refractivity contribution in [2.24, 2.45) is 53.3 Å². The first kappa shape index (κ1) is 39.0. The molecule has 4 heteroatoms. The van der Waals surface area contributed by atoms with E-state index in [4.69, 9.17) is 9.47 Å². The summed E-state index contributed by atoms with van der Waals surface area (Å²) in [5, 5.41) is 0. The predicted octanol–water partition coefficient (Wildman–Crippen LogP) is 11.1. The Hall–Kier alpha value is -1.06. The molecule has 0 aromatic carbocycles. The highest BCUT2D eigenvalue weighted by Crippen LogP contribution is 2.44. The number of carbonyl (C=O) groups is 2. The SMILES string of the molecule is CCOC(=O)C1CC(CCCC(C)CCCC(C)C)CC(CCC(C)CCCC(C)CCCC(C)C)C1C(=O)OCC. The Morgan fingerprint density at radius 1 is 0.571 bits per heavy atom. The van der Waals surface area contributed by atoms with E-state index < -0.39 is 0 Å². The molecule has 7 unspecified atom stereocenters. The standard InChI is InChI=1S/C38H72O4/c1-10-41-37(39)35-27-33(23-15-22-31(8)19-13-17-29(5)6)26-34(36(35)38(40)42-11-2)25-24-32(9)21-14-20-30(7)18-12-16-28(3)4/h28-36H,10-27H2,1-9H3. The molecular weight excluding hydrogens is 520 g/mol. The van der Waals surface area contributed by atoms with Gasteiger partial charge >= 0.3 is 11.9 Å². The largest absolute Gasteiger partial charge is 0.466 e. The van der Waals surface area contributed by atoms with Crippen molar-refractivity contribution in [3.63, 3.8) is 0 Å². The molecule has 0 N–H and O–H groups in total. The van der Waals surface area contributed by atoms with Gasteiger partial charge in [-0.3, -0.25) is 9.59 Å². The van der Waals surface area contributed by atoms with Gasteiger partial charge in [-0.2, -0.15) is 0 Å². The molecule has 248 valence electrons. The fourth-order valence-electron chi connectivity index (χ4n) is 7.38. The summed E-state index contributed by atoms with van der Waals surface area (Å²) >= 11 is 0. The third-order valence-corrected chi connectivity index (χ3v) is 10.0. The first-order valence-electron chi connectivity index (χ1n) is 18.3. The molecular formula is C38H72O4. The molecule has 0 radical (unpaired) electrons. The molecule has 1 rings (SSSR count). The Kier molecular flexibility index (Phi) is 20.8. The zero-order valence-electron chi connectivity index (χ0n) is 29.6. The minimum Gasteiger partial charge on any atom is -0.466 e. The highest BCUT2D eigenvalue weighted by Gasteiger charge is 2.46. The molecule has 1 aliphatic rings. The summed E-state index contributed by atoms with van der Waals surface area (Å²) in [4.78, 5) is 26.5.